The molecular formula is C18H16O4S. The summed E-state index contributed by atoms with van der Waals surface area (Å²) in [6.07, 6.45) is 1.29. The molecule has 0 spiro atoms. The van der Waals surface area contributed by atoms with Crippen LogP contribution in [0.4, 0.5) is 0 Å². The number of carboxylic acid groups (broad SMARTS) is 1. The molecule has 23 heavy (non-hydrogen) atoms. The van der Waals surface area contributed by atoms with Crippen molar-refractivity contribution in [1.29, 1.82) is 0 Å². The molecule has 0 saturated heterocycles. The first kappa shape index (κ1) is 15.6. The van der Waals surface area contributed by atoms with Crippen LogP contribution in [0.2, 0.25) is 0 Å². The Labute approximate surface area is 137 Å². The molecule has 4 nitrogen and oxygen atoms in total. The lowest BCUT2D eigenvalue weighted by molar-refractivity contribution is -0.136. The zero-order valence-corrected chi connectivity index (χ0v) is 13.5. The fourth-order valence-corrected chi connectivity index (χ4v) is 3.92. The number of benzene rings is 1. The summed E-state index contributed by atoms with van der Waals surface area (Å²) in [6, 6.07) is 7.55. The average Bonchev–Trinajstić information content (AvgIpc) is 2.90. The van der Waals surface area contributed by atoms with Gasteiger partial charge in [-0.2, -0.15) is 0 Å². The Morgan fingerprint density at radius 3 is 2.65 bits per heavy atom. The van der Waals surface area contributed by atoms with Gasteiger partial charge in [0.05, 0.1) is 11.3 Å². The van der Waals surface area contributed by atoms with Crippen LogP contribution in [-0.4, -0.2) is 22.6 Å². The number of hydrogen-bond donors (Lipinski definition) is 1. The molecule has 1 aromatic heterocycles. The fraction of sp³-hybridized carbons (Fsp3) is 0.278. The molecular weight excluding hydrogens is 312 g/mol. The van der Waals surface area contributed by atoms with E-state index >= 15 is 0 Å². The van der Waals surface area contributed by atoms with Gasteiger partial charge in [0.1, 0.15) is 0 Å². The molecule has 5 heteroatoms. The quantitative estimate of drug-likeness (QED) is 0.873. The Morgan fingerprint density at radius 1 is 1.13 bits per heavy atom. The van der Waals surface area contributed by atoms with E-state index in [1.165, 1.54) is 11.3 Å². The van der Waals surface area contributed by atoms with Crippen LogP contribution in [0.25, 0.3) is 0 Å². The van der Waals surface area contributed by atoms with Crippen molar-refractivity contribution in [2.75, 3.05) is 0 Å². The predicted octanol–water partition coefficient (Wildman–Crippen LogP) is 3.43. The van der Waals surface area contributed by atoms with E-state index < -0.39 is 5.97 Å². The number of ketones is 2. The summed E-state index contributed by atoms with van der Waals surface area (Å²) in [5.41, 5.74) is 3.39. The minimum Gasteiger partial charge on any atom is -0.481 e. The van der Waals surface area contributed by atoms with E-state index in [4.69, 9.17) is 5.11 Å². The van der Waals surface area contributed by atoms with E-state index in [9.17, 15) is 14.4 Å². The number of thiophene rings is 1. The number of Topliss-reactive ketones (excluding diaryl/α,β-unsaturated/α-hetero) is 1. The highest BCUT2D eigenvalue weighted by atomic mass is 32.1. The van der Waals surface area contributed by atoms with Gasteiger partial charge in [-0.15, -0.1) is 11.3 Å². The second-order valence-corrected chi connectivity index (χ2v) is 6.89. The maximum Gasteiger partial charge on any atom is 0.303 e. The lowest BCUT2D eigenvalue weighted by Crippen LogP contribution is -2.04. The van der Waals surface area contributed by atoms with Gasteiger partial charge in [-0.25, -0.2) is 0 Å². The Bertz CT molecular complexity index is 816. The van der Waals surface area contributed by atoms with Gasteiger partial charge in [-0.3, -0.25) is 14.4 Å². The number of aliphatic carboxylic acids is 1. The first-order valence-electron chi connectivity index (χ1n) is 7.47. The Morgan fingerprint density at radius 2 is 1.91 bits per heavy atom. The molecule has 0 fully saturated rings. The summed E-state index contributed by atoms with van der Waals surface area (Å²) in [5, 5.41) is 8.68. The Hall–Kier alpha value is -2.27. The van der Waals surface area contributed by atoms with Gasteiger partial charge in [-0.1, -0.05) is 17.7 Å². The lowest BCUT2D eigenvalue weighted by Gasteiger charge is -2.05. The maximum atomic E-state index is 12.8. The van der Waals surface area contributed by atoms with Crippen LogP contribution in [0.5, 0.6) is 0 Å². The number of fused-ring (bicyclic) bond motifs is 2. The van der Waals surface area contributed by atoms with E-state index in [2.05, 4.69) is 0 Å². The molecule has 1 aromatic carbocycles. The van der Waals surface area contributed by atoms with Crippen molar-refractivity contribution >= 4 is 28.9 Å². The smallest absolute Gasteiger partial charge is 0.303 e. The molecule has 1 heterocycles. The van der Waals surface area contributed by atoms with Gasteiger partial charge < -0.3 is 5.11 Å². The molecule has 0 saturated carbocycles. The third-order valence-corrected chi connectivity index (χ3v) is 5.26. The van der Waals surface area contributed by atoms with E-state index in [1.54, 1.807) is 6.07 Å². The third-order valence-electron chi connectivity index (χ3n) is 4.03. The molecule has 0 amide bonds. The van der Waals surface area contributed by atoms with Gasteiger partial charge >= 0.3 is 5.97 Å². The summed E-state index contributed by atoms with van der Waals surface area (Å²) in [5.74, 6) is -1.23. The van der Waals surface area contributed by atoms with Crippen LogP contribution >= 0.6 is 11.3 Å². The monoisotopic (exact) mass is 328 g/mol. The van der Waals surface area contributed by atoms with Crippen molar-refractivity contribution in [3.05, 3.63) is 56.3 Å². The highest BCUT2D eigenvalue weighted by Crippen LogP contribution is 2.32. The van der Waals surface area contributed by atoms with Crippen molar-refractivity contribution < 1.29 is 19.5 Å². The van der Waals surface area contributed by atoms with Gasteiger partial charge in [0.25, 0.3) is 0 Å². The summed E-state index contributed by atoms with van der Waals surface area (Å²) in [6.45, 7) is 1.95. The number of carboxylic acids is 1. The fourth-order valence-electron chi connectivity index (χ4n) is 2.80. The number of hydrogen-bond acceptors (Lipinski definition) is 4. The van der Waals surface area contributed by atoms with Crippen LogP contribution < -0.4 is 0 Å². The molecule has 0 aliphatic heterocycles. The topological polar surface area (TPSA) is 71.4 Å². The number of aryl methyl sites for hydroxylation is 3. The van der Waals surface area contributed by atoms with Crippen LogP contribution in [-0.2, 0) is 17.6 Å². The minimum atomic E-state index is -0.989. The Kier molecular flexibility index (Phi) is 4.13. The molecule has 1 aliphatic rings. The molecule has 1 aliphatic carbocycles. The second kappa shape index (κ2) is 6.08. The van der Waals surface area contributed by atoms with Crippen molar-refractivity contribution in [2.24, 2.45) is 0 Å². The largest absolute Gasteiger partial charge is 0.481 e. The minimum absolute atomic E-state index is 0.0292. The van der Waals surface area contributed by atoms with E-state index in [1.807, 2.05) is 25.1 Å². The SMILES string of the molecule is Cc1ccc2c(c1)C(=O)c1cc(C(=O)CCC(=O)O)sc1CC2. The van der Waals surface area contributed by atoms with Gasteiger partial charge in [0.15, 0.2) is 11.6 Å². The van der Waals surface area contributed by atoms with E-state index in [0.29, 0.717) is 16.0 Å². The van der Waals surface area contributed by atoms with Crippen LogP contribution in [0.3, 0.4) is 0 Å². The average molecular weight is 328 g/mol. The zero-order chi connectivity index (χ0) is 16.6. The van der Waals surface area contributed by atoms with Gasteiger partial charge in [0.2, 0.25) is 0 Å². The normalized spacial score (nSPS) is 13.2. The van der Waals surface area contributed by atoms with E-state index in [0.717, 1.165) is 28.8 Å². The molecule has 1 N–H and O–H groups in total. The van der Waals surface area contributed by atoms with Crippen LogP contribution in [0.15, 0.2) is 24.3 Å². The van der Waals surface area contributed by atoms with Crippen molar-refractivity contribution in [1.82, 2.24) is 0 Å². The third kappa shape index (κ3) is 3.10. The molecule has 0 atom stereocenters. The molecule has 2 aromatic rings. The highest BCUT2D eigenvalue weighted by molar-refractivity contribution is 7.14. The van der Waals surface area contributed by atoms with Crippen LogP contribution in [0.1, 0.15) is 54.4 Å². The van der Waals surface area contributed by atoms with Crippen molar-refractivity contribution in [3.8, 4) is 0 Å². The summed E-state index contributed by atoms with van der Waals surface area (Å²) < 4.78 is 0. The number of carbonyl (C=O) groups excluding carboxylic acids is 2. The van der Waals surface area contributed by atoms with E-state index in [-0.39, 0.29) is 24.4 Å². The standard InChI is InChI=1S/C18H16O4S/c1-10-2-3-11-4-6-15-13(18(22)12(11)8-10)9-16(23-15)14(19)5-7-17(20)21/h2-3,8-9H,4-7H2,1H3,(H,20,21). The second-order valence-electron chi connectivity index (χ2n) is 5.75. The first-order chi connectivity index (χ1) is 11.0. The zero-order valence-electron chi connectivity index (χ0n) is 12.7. The van der Waals surface area contributed by atoms with Gasteiger partial charge in [-0.05, 0) is 37.5 Å². The molecule has 118 valence electrons. The number of rotatable bonds is 4. The lowest BCUT2D eigenvalue weighted by atomic mass is 9.98. The first-order valence-corrected chi connectivity index (χ1v) is 8.29. The highest BCUT2D eigenvalue weighted by Gasteiger charge is 2.25. The molecule has 3 rings (SSSR count). The summed E-state index contributed by atoms with van der Waals surface area (Å²) in [4.78, 5) is 36.9. The Balaban J connectivity index is 1.93. The predicted molar refractivity (Wildman–Crippen MR) is 87.5 cm³/mol. The summed E-state index contributed by atoms with van der Waals surface area (Å²) >= 11 is 1.32. The maximum absolute atomic E-state index is 12.8. The van der Waals surface area contributed by atoms with Crippen molar-refractivity contribution in [3.63, 3.8) is 0 Å². The number of carbonyl (C=O) groups is 3. The molecule has 0 unspecified atom stereocenters. The molecule has 0 radical (unpaired) electrons. The van der Waals surface area contributed by atoms with Crippen LogP contribution in [0, 0.1) is 6.92 Å². The summed E-state index contributed by atoms with van der Waals surface area (Å²) in [7, 11) is 0. The van der Waals surface area contributed by atoms with Crippen molar-refractivity contribution in [2.45, 2.75) is 32.6 Å². The molecule has 0 bridgehead atoms. The van der Waals surface area contributed by atoms with Gasteiger partial charge in [0, 0.05) is 22.4 Å².